The van der Waals surface area contributed by atoms with Crippen molar-refractivity contribution in [2.45, 2.75) is 0 Å². The number of thiophene rings is 1. The lowest BCUT2D eigenvalue weighted by Crippen LogP contribution is -2.34. The van der Waals surface area contributed by atoms with Crippen molar-refractivity contribution in [1.82, 2.24) is 10.7 Å². The van der Waals surface area contributed by atoms with Crippen molar-refractivity contribution in [2.24, 2.45) is 5.10 Å². The van der Waals surface area contributed by atoms with Gasteiger partial charge < -0.3 is 19.5 Å². The average molecular weight is 377 g/mol. The number of amides is 2. The molecule has 9 heteroatoms. The molecule has 1 aromatic heterocycles. The standard InChI is InChI=1S/C17H19N3O5S/c1-23-12-7-11(8-13(24-2)16(12)25-3)9-19-20-15(21)10-18-17(22)14-5-4-6-26-14/h4-9H,10H2,1-3H3,(H,18,22)(H,20,21)/b19-9+. The molecule has 0 spiro atoms. The van der Waals surface area contributed by atoms with Crippen LogP contribution in [-0.4, -0.2) is 45.9 Å². The number of hydrazone groups is 1. The van der Waals surface area contributed by atoms with Crippen LogP contribution in [0.5, 0.6) is 17.2 Å². The van der Waals surface area contributed by atoms with Crippen LogP contribution in [-0.2, 0) is 4.79 Å². The van der Waals surface area contributed by atoms with E-state index >= 15 is 0 Å². The van der Waals surface area contributed by atoms with E-state index in [1.54, 1.807) is 29.6 Å². The van der Waals surface area contributed by atoms with Crippen molar-refractivity contribution in [1.29, 1.82) is 0 Å². The molecule has 0 aliphatic heterocycles. The number of carbonyl (C=O) groups is 2. The van der Waals surface area contributed by atoms with E-state index in [4.69, 9.17) is 14.2 Å². The Morgan fingerprint density at radius 2 is 1.85 bits per heavy atom. The molecule has 0 saturated heterocycles. The summed E-state index contributed by atoms with van der Waals surface area (Å²) in [5, 5.41) is 8.17. The Morgan fingerprint density at radius 1 is 1.15 bits per heavy atom. The molecule has 2 N–H and O–H groups in total. The number of benzene rings is 1. The molecule has 0 radical (unpaired) electrons. The number of hydrogen-bond acceptors (Lipinski definition) is 7. The summed E-state index contributed by atoms with van der Waals surface area (Å²) in [7, 11) is 4.53. The summed E-state index contributed by atoms with van der Waals surface area (Å²) in [4.78, 5) is 24.0. The van der Waals surface area contributed by atoms with E-state index in [-0.39, 0.29) is 12.5 Å². The fourth-order valence-corrected chi connectivity index (χ4v) is 2.69. The second kappa shape index (κ2) is 9.42. The lowest BCUT2D eigenvalue weighted by molar-refractivity contribution is -0.120. The molecule has 0 aliphatic rings. The Morgan fingerprint density at radius 3 is 2.38 bits per heavy atom. The molecule has 0 atom stereocenters. The summed E-state index contributed by atoms with van der Waals surface area (Å²) in [6.07, 6.45) is 1.43. The van der Waals surface area contributed by atoms with Crippen molar-refractivity contribution in [3.63, 3.8) is 0 Å². The van der Waals surface area contributed by atoms with Gasteiger partial charge in [0.05, 0.1) is 39.0 Å². The highest BCUT2D eigenvalue weighted by molar-refractivity contribution is 7.12. The van der Waals surface area contributed by atoms with Crippen LogP contribution in [0.25, 0.3) is 0 Å². The van der Waals surface area contributed by atoms with Gasteiger partial charge in [0, 0.05) is 5.56 Å². The molecular weight excluding hydrogens is 358 g/mol. The second-order valence-electron chi connectivity index (χ2n) is 4.91. The van der Waals surface area contributed by atoms with Gasteiger partial charge in [-0.1, -0.05) is 6.07 Å². The normalized spacial score (nSPS) is 10.4. The number of methoxy groups -OCH3 is 3. The maximum absolute atomic E-state index is 11.7. The third-order valence-electron chi connectivity index (χ3n) is 3.24. The van der Waals surface area contributed by atoms with E-state index in [1.807, 2.05) is 0 Å². The zero-order valence-corrected chi connectivity index (χ0v) is 15.4. The van der Waals surface area contributed by atoms with Crippen molar-refractivity contribution < 1.29 is 23.8 Å². The van der Waals surface area contributed by atoms with Gasteiger partial charge in [0.1, 0.15) is 0 Å². The first-order chi connectivity index (χ1) is 12.6. The van der Waals surface area contributed by atoms with Gasteiger partial charge >= 0.3 is 0 Å². The van der Waals surface area contributed by atoms with Crippen LogP contribution in [0.15, 0.2) is 34.7 Å². The molecule has 1 aromatic carbocycles. The average Bonchev–Trinajstić information content (AvgIpc) is 3.20. The Balaban J connectivity index is 1.93. The van der Waals surface area contributed by atoms with Crippen LogP contribution >= 0.6 is 11.3 Å². The number of nitrogens with zero attached hydrogens (tertiary/aromatic N) is 1. The molecule has 1 heterocycles. The smallest absolute Gasteiger partial charge is 0.261 e. The molecule has 0 fully saturated rings. The Hall–Kier alpha value is -3.07. The SMILES string of the molecule is COc1cc(/C=N/NC(=O)CNC(=O)c2cccs2)cc(OC)c1OC. The Bertz CT molecular complexity index is 765. The molecule has 138 valence electrons. The van der Waals surface area contributed by atoms with Crippen LogP contribution in [0, 0.1) is 0 Å². The molecule has 8 nitrogen and oxygen atoms in total. The zero-order valence-electron chi connectivity index (χ0n) is 14.6. The van der Waals surface area contributed by atoms with E-state index in [9.17, 15) is 9.59 Å². The highest BCUT2D eigenvalue weighted by atomic mass is 32.1. The van der Waals surface area contributed by atoms with Gasteiger partial charge in [-0.25, -0.2) is 5.43 Å². The summed E-state index contributed by atoms with van der Waals surface area (Å²) in [6.45, 7) is -0.177. The third-order valence-corrected chi connectivity index (χ3v) is 4.11. The predicted molar refractivity (Wildman–Crippen MR) is 98.5 cm³/mol. The van der Waals surface area contributed by atoms with E-state index in [0.717, 1.165) is 0 Å². The highest BCUT2D eigenvalue weighted by Crippen LogP contribution is 2.37. The minimum absolute atomic E-state index is 0.177. The number of rotatable bonds is 8. The van der Waals surface area contributed by atoms with Crippen LogP contribution in [0.2, 0.25) is 0 Å². The summed E-state index contributed by atoms with van der Waals surface area (Å²) in [6, 6.07) is 6.83. The maximum atomic E-state index is 11.7. The minimum atomic E-state index is -0.446. The molecule has 0 bridgehead atoms. The summed E-state index contributed by atoms with van der Waals surface area (Å²) < 4.78 is 15.7. The fourth-order valence-electron chi connectivity index (χ4n) is 2.05. The van der Waals surface area contributed by atoms with Crippen LogP contribution < -0.4 is 25.0 Å². The van der Waals surface area contributed by atoms with Gasteiger partial charge in [-0.2, -0.15) is 5.10 Å². The van der Waals surface area contributed by atoms with Crippen molar-refractivity contribution in [2.75, 3.05) is 27.9 Å². The van der Waals surface area contributed by atoms with Gasteiger partial charge in [-0.05, 0) is 23.6 Å². The van der Waals surface area contributed by atoms with Crippen molar-refractivity contribution in [3.05, 3.63) is 40.1 Å². The summed E-state index contributed by atoms with van der Waals surface area (Å²) in [5.74, 6) is 0.667. The van der Waals surface area contributed by atoms with Gasteiger partial charge in [0.25, 0.3) is 11.8 Å². The number of nitrogens with one attached hydrogen (secondary N) is 2. The Labute approximate surface area is 154 Å². The fraction of sp³-hybridized carbons (Fsp3) is 0.235. The van der Waals surface area contributed by atoms with Gasteiger partial charge in [0.15, 0.2) is 11.5 Å². The first kappa shape index (κ1) is 19.3. The van der Waals surface area contributed by atoms with Gasteiger partial charge in [0.2, 0.25) is 5.75 Å². The van der Waals surface area contributed by atoms with Crippen molar-refractivity contribution >= 4 is 29.4 Å². The quantitative estimate of drug-likeness (QED) is 0.538. The zero-order chi connectivity index (χ0) is 18.9. The summed E-state index contributed by atoms with van der Waals surface area (Å²) in [5.41, 5.74) is 2.98. The number of hydrogen-bond donors (Lipinski definition) is 2. The second-order valence-corrected chi connectivity index (χ2v) is 5.86. The van der Waals surface area contributed by atoms with Crippen molar-refractivity contribution in [3.8, 4) is 17.2 Å². The third kappa shape index (κ3) is 4.96. The molecule has 2 amide bonds. The van der Waals surface area contributed by atoms with E-state index in [1.165, 1.54) is 38.9 Å². The van der Waals surface area contributed by atoms with Crippen LogP contribution in [0.4, 0.5) is 0 Å². The monoisotopic (exact) mass is 377 g/mol. The van der Waals surface area contributed by atoms with Gasteiger partial charge in [-0.15, -0.1) is 11.3 Å². The highest BCUT2D eigenvalue weighted by Gasteiger charge is 2.12. The molecule has 26 heavy (non-hydrogen) atoms. The van der Waals surface area contributed by atoms with E-state index in [0.29, 0.717) is 27.7 Å². The largest absolute Gasteiger partial charge is 0.493 e. The molecule has 2 aromatic rings. The van der Waals surface area contributed by atoms with Crippen LogP contribution in [0.1, 0.15) is 15.2 Å². The lowest BCUT2D eigenvalue weighted by Gasteiger charge is -2.12. The number of carbonyl (C=O) groups excluding carboxylic acids is 2. The maximum Gasteiger partial charge on any atom is 0.261 e. The number of ether oxygens (including phenoxy) is 3. The van der Waals surface area contributed by atoms with E-state index in [2.05, 4.69) is 15.8 Å². The Kier molecular flexibility index (Phi) is 6.98. The summed E-state index contributed by atoms with van der Waals surface area (Å²) >= 11 is 1.30. The first-order valence-corrected chi connectivity index (χ1v) is 8.40. The predicted octanol–water partition coefficient (Wildman–Crippen LogP) is 1.65. The molecule has 0 saturated carbocycles. The lowest BCUT2D eigenvalue weighted by atomic mass is 10.2. The molecule has 2 rings (SSSR count). The molecular formula is C17H19N3O5S. The minimum Gasteiger partial charge on any atom is -0.493 e. The molecule has 0 aliphatic carbocycles. The molecule has 0 unspecified atom stereocenters. The van der Waals surface area contributed by atoms with E-state index < -0.39 is 5.91 Å². The van der Waals surface area contributed by atoms with Crippen LogP contribution in [0.3, 0.4) is 0 Å². The topological polar surface area (TPSA) is 98.2 Å². The first-order valence-electron chi connectivity index (χ1n) is 7.52. The van der Waals surface area contributed by atoms with Gasteiger partial charge in [-0.3, -0.25) is 9.59 Å².